The van der Waals surface area contributed by atoms with Crippen LogP contribution in [0.15, 0.2) is 0 Å². The van der Waals surface area contributed by atoms with E-state index in [1.807, 2.05) is 0 Å². The number of esters is 1. The first kappa shape index (κ1) is 7.14. The van der Waals surface area contributed by atoms with Gasteiger partial charge in [-0.3, -0.25) is 4.79 Å². The molecule has 1 aliphatic carbocycles. The van der Waals surface area contributed by atoms with Crippen molar-refractivity contribution >= 4 is 5.97 Å². The molecule has 0 aromatic rings. The second-order valence-corrected chi connectivity index (χ2v) is 2.48. The van der Waals surface area contributed by atoms with E-state index in [0.717, 1.165) is 12.8 Å². The Hall–Kier alpha value is -0.970. The highest BCUT2D eigenvalue weighted by molar-refractivity contribution is 5.74. The lowest BCUT2D eigenvalue weighted by atomic mass is 9.74. The molecule has 0 unspecified atom stereocenters. The van der Waals surface area contributed by atoms with Crippen molar-refractivity contribution in [3.05, 3.63) is 0 Å². The van der Waals surface area contributed by atoms with Crippen LogP contribution in [0.4, 0.5) is 0 Å². The Morgan fingerprint density at radius 2 is 2.40 bits per heavy atom. The summed E-state index contributed by atoms with van der Waals surface area (Å²) in [7, 11) is 1.40. The molecule has 10 heavy (non-hydrogen) atoms. The molecule has 0 amide bonds. The molecule has 0 saturated heterocycles. The monoisotopic (exact) mass is 138 g/mol. The average molecular weight is 138 g/mol. The van der Waals surface area contributed by atoms with Crippen molar-refractivity contribution in [3.8, 4) is 12.3 Å². The predicted molar refractivity (Wildman–Crippen MR) is 37.1 cm³/mol. The molecule has 0 spiro atoms. The lowest BCUT2D eigenvalue weighted by molar-refractivity contribution is -0.150. The highest BCUT2D eigenvalue weighted by Crippen LogP contribution is 2.34. The largest absolute Gasteiger partial charge is 0.469 e. The van der Waals surface area contributed by atoms with Crippen LogP contribution in [0.2, 0.25) is 0 Å². The summed E-state index contributed by atoms with van der Waals surface area (Å²) in [5.41, 5.74) is 0. The molecule has 0 heterocycles. The van der Waals surface area contributed by atoms with Gasteiger partial charge in [-0.1, -0.05) is 0 Å². The Morgan fingerprint density at radius 3 is 2.70 bits per heavy atom. The van der Waals surface area contributed by atoms with E-state index in [1.165, 1.54) is 7.11 Å². The molecule has 54 valence electrons. The number of hydrogen-bond donors (Lipinski definition) is 0. The summed E-state index contributed by atoms with van der Waals surface area (Å²) in [5, 5.41) is 0. The average Bonchev–Trinajstić information content (AvgIpc) is 1.86. The van der Waals surface area contributed by atoms with Gasteiger partial charge in [0.05, 0.1) is 13.0 Å². The van der Waals surface area contributed by atoms with Crippen LogP contribution in [0.1, 0.15) is 12.8 Å². The van der Waals surface area contributed by atoms with Crippen molar-refractivity contribution in [2.24, 2.45) is 11.8 Å². The second kappa shape index (κ2) is 2.74. The molecule has 1 aliphatic rings. The van der Waals surface area contributed by atoms with E-state index in [9.17, 15) is 4.79 Å². The maximum atomic E-state index is 10.8. The van der Waals surface area contributed by atoms with E-state index in [0.29, 0.717) is 0 Å². The van der Waals surface area contributed by atoms with Gasteiger partial charge in [-0.05, 0) is 12.8 Å². The lowest BCUT2D eigenvalue weighted by Crippen LogP contribution is -2.32. The number of carbonyl (C=O) groups excluding carboxylic acids is 1. The first-order valence-electron chi connectivity index (χ1n) is 3.33. The third-order valence-electron chi connectivity index (χ3n) is 1.99. The van der Waals surface area contributed by atoms with Crippen LogP contribution in [-0.2, 0) is 9.53 Å². The molecule has 0 aliphatic heterocycles. The smallest absolute Gasteiger partial charge is 0.309 e. The first-order valence-corrected chi connectivity index (χ1v) is 3.33. The van der Waals surface area contributed by atoms with E-state index >= 15 is 0 Å². The van der Waals surface area contributed by atoms with Gasteiger partial charge in [0.15, 0.2) is 0 Å². The standard InChI is InChI=1S/C8H10O2/c1-3-6-4-5-7(6)8(9)10-2/h1,6-7H,4-5H2,2H3/t6-,7+/m0/s1. The molecule has 1 fully saturated rings. The van der Waals surface area contributed by atoms with E-state index in [1.54, 1.807) is 0 Å². The zero-order valence-corrected chi connectivity index (χ0v) is 5.96. The van der Waals surface area contributed by atoms with Crippen molar-refractivity contribution < 1.29 is 9.53 Å². The summed E-state index contributed by atoms with van der Waals surface area (Å²) in [6, 6.07) is 0. The SMILES string of the molecule is C#C[C@H]1CC[C@H]1C(=O)OC. The number of terminal acetylenes is 1. The van der Waals surface area contributed by atoms with Crippen LogP contribution in [0.5, 0.6) is 0 Å². The third kappa shape index (κ3) is 0.995. The molecule has 0 bridgehead atoms. The Balaban J connectivity index is 2.44. The third-order valence-corrected chi connectivity index (χ3v) is 1.99. The number of carbonyl (C=O) groups is 1. The second-order valence-electron chi connectivity index (χ2n) is 2.48. The molecule has 0 aromatic carbocycles. The van der Waals surface area contributed by atoms with Gasteiger partial charge in [0.1, 0.15) is 0 Å². The molecular weight excluding hydrogens is 128 g/mol. The number of hydrogen-bond acceptors (Lipinski definition) is 2. The minimum atomic E-state index is -0.158. The van der Waals surface area contributed by atoms with Gasteiger partial charge in [-0.15, -0.1) is 12.3 Å². The molecule has 2 nitrogen and oxygen atoms in total. The fourth-order valence-electron chi connectivity index (χ4n) is 1.13. The molecule has 0 N–H and O–H groups in total. The summed E-state index contributed by atoms with van der Waals surface area (Å²) in [5.74, 6) is 2.52. The van der Waals surface area contributed by atoms with Crippen molar-refractivity contribution in [2.45, 2.75) is 12.8 Å². The van der Waals surface area contributed by atoms with Gasteiger partial charge < -0.3 is 4.74 Å². The van der Waals surface area contributed by atoms with Crippen molar-refractivity contribution in [3.63, 3.8) is 0 Å². The molecule has 2 atom stereocenters. The molecule has 1 saturated carbocycles. The van der Waals surface area contributed by atoms with Gasteiger partial charge in [-0.2, -0.15) is 0 Å². The summed E-state index contributed by atoms with van der Waals surface area (Å²) in [6.45, 7) is 0. The van der Waals surface area contributed by atoms with Crippen LogP contribution in [-0.4, -0.2) is 13.1 Å². The van der Waals surface area contributed by atoms with E-state index < -0.39 is 0 Å². The number of rotatable bonds is 1. The summed E-state index contributed by atoms with van der Waals surface area (Å²) < 4.78 is 4.55. The minimum absolute atomic E-state index is 0.0185. The van der Waals surface area contributed by atoms with Crippen molar-refractivity contribution in [1.82, 2.24) is 0 Å². The normalized spacial score (nSPS) is 30.0. The Labute approximate surface area is 60.6 Å². The van der Waals surface area contributed by atoms with Crippen molar-refractivity contribution in [2.75, 3.05) is 7.11 Å². The summed E-state index contributed by atoms with van der Waals surface area (Å²) in [4.78, 5) is 10.8. The van der Waals surface area contributed by atoms with E-state index in [2.05, 4.69) is 10.7 Å². The van der Waals surface area contributed by atoms with E-state index in [4.69, 9.17) is 6.42 Å². The summed E-state index contributed by atoms with van der Waals surface area (Å²) >= 11 is 0. The van der Waals surface area contributed by atoms with Crippen molar-refractivity contribution in [1.29, 1.82) is 0 Å². The quantitative estimate of drug-likeness (QED) is 0.396. The maximum Gasteiger partial charge on any atom is 0.309 e. The van der Waals surface area contributed by atoms with Gasteiger partial charge >= 0.3 is 5.97 Å². The minimum Gasteiger partial charge on any atom is -0.469 e. The fraction of sp³-hybridized carbons (Fsp3) is 0.625. The maximum absolute atomic E-state index is 10.8. The fourth-order valence-corrected chi connectivity index (χ4v) is 1.13. The topological polar surface area (TPSA) is 26.3 Å². The number of methoxy groups -OCH3 is 1. The molecular formula is C8H10O2. The Morgan fingerprint density at radius 1 is 1.70 bits per heavy atom. The zero-order valence-electron chi connectivity index (χ0n) is 5.96. The lowest BCUT2D eigenvalue weighted by Gasteiger charge is -2.29. The van der Waals surface area contributed by atoms with Crippen LogP contribution >= 0.6 is 0 Å². The van der Waals surface area contributed by atoms with Crippen LogP contribution in [0.3, 0.4) is 0 Å². The predicted octanol–water partition coefficient (Wildman–Crippen LogP) is 0.819. The van der Waals surface area contributed by atoms with Gasteiger partial charge in [-0.25, -0.2) is 0 Å². The van der Waals surface area contributed by atoms with Gasteiger partial charge in [0.2, 0.25) is 0 Å². The molecule has 0 radical (unpaired) electrons. The molecule has 0 aromatic heterocycles. The molecule has 1 rings (SSSR count). The number of ether oxygens (including phenoxy) is 1. The van der Waals surface area contributed by atoms with Crippen LogP contribution in [0.25, 0.3) is 0 Å². The van der Waals surface area contributed by atoms with Crippen LogP contribution in [0, 0.1) is 24.2 Å². The highest BCUT2D eigenvalue weighted by atomic mass is 16.5. The summed E-state index contributed by atoms with van der Waals surface area (Å²) in [6.07, 6.45) is 7.02. The molecule has 2 heteroatoms. The highest BCUT2D eigenvalue weighted by Gasteiger charge is 2.35. The van der Waals surface area contributed by atoms with E-state index in [-0.39, 0.29) is 17.8 Å². The van der Waals surface area contributed by atoms with Gasteiger partial charge in [0, 0.05) is 5.92 Å². The van der Waals surface area contributed by atoms with Gasteiger partial charge in [0.25, 0.3) is 0 Å². The Kier molecular flexibility index (Phi) is 1.96. The zero-order chi connectivity index (χ0) is 7.56. The first-order chi connectivity index (χ1) is 4.79. The van der Waals surface area contributed by atoms with Crippen LogP contribution < -0.4 is 0 Å². The Bertz CT molecular complexity index is 178.